The predicted molar refractivity (Wildman–Crippen MR) is 62.9 cm³/mol. The number of rotatable bonds is 4. The van der Waals surface area contributed by atoms with Gasteiger partial charge in [-0.3, -0.25) is 4.79 Å². The second kappa shape index (κ2) is 5.08. The van der Waals surface area contributed by atoms with Gasteiger partial charge in [0.2, 0.25) is 0 Å². The fraction of sp³-hybridized carbons (Fsp3) is 0.462. The van der Waals surface area contributed by atoms with Crippen LogP contribution in [0.5, 0.6) is 0 Å². The lowest BCUT2D eigenvalue weighted by Crippen LogP contribution is -2.22. The average molecular weight is 205 g/mol. The van der Waals surface area contributed by atoms with E-state index in [9.17, 15) is 4.79 Å². The van der Waals surface area contributed by atoms with E-state index >= 15 is 0 Å². The predicted octanol–water partition coefficient (Wildman–Crippen LogP) is 2.58. The van der Waals surface area contributed by atoms with Crippen LogP contribution >= 0.6 is 0 Å². The minimum atomic E-state index is 0.197. The van der Waals surface area contributed by atoms with Crippen molar-refractivity contribution in [1.82, 2.24) is 4.90 Å². The van der Waals surface area contributed by atoms with Crippen LogP contribution < -0.4 is 0 Å². The van der Waals surface area contributed by atoms with Crippen LogP contribution in [0.3, 0.4) is 0 Å². The van der Waals surface area contributed by atoms with E-state index in [1.807, 2.05) is 20.2 Å². The lowest BCUT2D eigenvalue weighted by atomic mass is 9.99. The summed E-state index contributed by atoms with van der Waals surface area (Å²) in [5, 5.41) is 0. The molecule has 0 saturated carbocycles. The summed E-state index contributed by atoms with van der Waals surface area (Å²) in [6, 6.07) is 8.54. The molecule has 0 N–H and O–H groups in total. The van der Waals surface area contributed by atoms with E-state index in [2.05, 4.69) is 30.0 Å². The highest BCUT2D eigenvalue weighted by Gasteiger charge is 2.15. The molecule has 1 atom stereocenters. The molecule has 2 heteroatoms. The van der Waals surface area contributed by atoms with Crippen molar-refractivity contribution in [3.63, 3.8) is 0 Å². The molecule has 0 aromatic heterocycles. The largest absolute Gasteiger partial charge is 0.302 e. The minimum Gasteiger partial charge on any atom is -0.302 e. The highest BCUT2D eigenvalue weighted by molar-refractivity contribution is 5.76. The SMILES string of the molecule is CC(=O)CC(c1cccc(C)c1)N(C)C. The summed E-state index contributed by atoms with van der Waals surface area (Å²) < 4.78 is 0. The van der Waals surface area contributed by atoms with Crippen molar-refractivity contribution in [2.24, 2.45) is 0 Å². The van der Waals surface area contributed by atoms with Crippen LogP contribution in [0.2, 0.25) is 0 Å². The van der Waals surface area contributed by atoms with E-state index < -0.39 is 0 Å². The van der Waals surface area contributed by atoms with Crippen LogP contribution in [0.4, 0.5) is 0 Å². The van der Waals surface area contributed by atoms with Crippen molar-refractivity contribution < 1.29 is 4.79 Å². The molecule has 2 nitrogen and oxygen atoms in total. The van der Waals surface area contributed by atoms with Gasteiger partial charge in [0, 0.05) is 12.5 Å². The van der Waals surface area contributed by atoms with E-state index in [1.165, 1.54) is 11.1 Å². The number of nitrogens with zero attached hydrogens (tertiary/aromatic N) is 1. The third-order valence-electron chi connectivity index (χ3n) is 2.53. The van der Waals surface area contributed by atoms with E-state index in [1.54, 1.807) is 6.92 Å². The van der Waals surface area contributed by atoms with Gasteiger partial charge in [0.1, 0.15) is 5.78 Å². The number of Topliss-reactive ketones (excluding diaryl/α,β-unsaturated/α-hetero) is 1. The van der Waals surface area contributed by atoms with Crippen LogP contribution in [-0.2, 0) is 4.79 Å². The van der Waals surface area contributed by atoms with Crippen molar-refractivity contribution in [3.8, 4) is 0 Å². The molecule has 0 fully saturated rings. The molecule has 0 aliphatic rings. The standard InChI is InChI=1S/C13H19NO/c1-10-6-5-7-12(8-10)13(14(3)4)9-11(2)15/h5-8,13H,9H2,1-4H3. The topological polar surface area (TPSA) is 20.3 Å². The lowest BCUT2D eigenvalue weighted by molar-refractivity contribution is -0.118. The van der Waals surface area contributed by atoms with Crippen molar-refractivity contribution >= 4 is 5.78 Å². The molecule has 0 amide bonds. The Bertz CT molecular complexity index is 344. The van der Waals surface area contributed by atoms with Crippen LogP contribution in [0, 0.1) is 6.92 Å². The Labute approximate surface area is 91.9 Å². The van der Waals surface area contributed by atoms with Gasteiger partial charge >= 0.3 is 0 Å². The second-order valence-electron chi connectivity index (χ2n) is 4.30. The molecule has 1 unspecified atom stereocenters. The van der Waals surface area contributed by atoms with Crippen molar-refractivity contribution in [2.75, 3.05) is 14.1 Å². The van der Waals surface area contributed by atoms with Gasteiger partial charge in [-0.2, -0.15) is 0 Å². The fourth-order valence-corrected chi connectivity index (χ4v) is 1.75. The first-order valence-electron chi connectivity index (χ1n) is 5.23. The number of benzene rings is 1. The van der Waals surface area contributed by atoms with Gasteiger partial charge in [0.25, 0.3) is 0 Å². The molecule has 82 valence electrons. The van der Waals surface area contributed by atoms with Gasteiger partial charge in [0.15, 0.2) is 0 Å². The molecule has 15 heavy (non-hydrogen) atoms. The zero-order valence-electron chi connectivity index (χ0n) is 9.95. The Kier molecular flexibility index (Phi) is 4.04. The van der Waals surface area contributed by atoms with E-state index in [-0.39, 0.29) is 11.8 Å². The van der Waals surface area contributed by atoms with Crippen LogP contribution in [0.1, 0.15) is 30.5 Å². The Balaban J connectivity index is 2.93. The van der Waals surface area contributed by atoms with E-state index in [0.717, 1.165) is 0 Å². The monoisotopic (exact) mass is 205 g/mol. The molecule has 0 aliphatic heterocycles. The fourth-order valence-electron chi connectivity index (χ4n) is 1.75. The molecule has 0 saturated heterocycles. The number of ketones is 1. The third-order valence-corrected chi connectivity index (χ3v) is 2.53. The summed E-state index contributed by atoms with van der Waals surface area (Å²) in [6.45, 7) is 3.72. The molecule has 0 aliphatic carbocycles. The molecule has 0 spiro atoms. The number of hydrogen-bond acceptors (Lipinski definition) is 2. The number of aryl methyl sites for hydroxylation is 1. The van der Waals surface area contributed by atoms with E-state index in [4.69, 9.17) is 0 Å². The van der Waals surface area contributed by atoms with Crippen molar-refractivity contribution in [3.05, 3.63) is 35.4 Å². The maximum atomic E-state index is 11.2. The van der Waals surface area contributed by atoms with E-state index in [0.29, 0.717) is 6.42 Å². The zero-order valence-corrected chi connectivity index (χ0v) is 9.95. The maximum Gasteiger partial charge on any atom is 0.131 e. The number of hydrogen-bond donors (Lipinski definition) is 0. The van der Waals surface area contributed by atoms with Gasteiger partial charge in [0.05, 0.1) is 0 Å². The number of carbonyl (C=O) groups excluding carboxylic acids is 1. The molecule has 0 heterocycles. The Hall–Kier alpha value is -1.15. The average Bonchev–Trinajstić information content (AvgIpc) is 2.13. The summed E-state index contributed by atoms with van der Waals surface area (Å²) in [7, 11) is 4.02. The second-order valence-corrected chi connectivity index (χ2v) is 4.30. The summed E-state index contributed by atoms with van der Waals surface area (Å²) in [5.41, 5.74) is 2.46. The minimum absolute atomic E-state index is 0.197. The number of carbonyl (C=O) groups is 1. The Morgan fingerprint density at radius 2 is 2.07 bits per heavy atom. The summed E-state index contributed by atoms with van der Waals surface area (Å²) >= 11 is 0. The summed E-state index contributed by atoms with van der Waals surface area (Å²) in [5.74, 6) is 0.232. The third kappa shape index (κ3) is 3.48. The molecule has 1 rings (SSSR count). The Morgan fingerprint density at radius 3 is 2.53 bits per heavy atom. The summed E-state index contributed by atoms with van der Waals surface area (Å²) in [4.78, 5) is 13.3. The summed E-state index contributed by atoms with van der Waals surface area (Å²) in [6.07, 6.45) is 0.580. The molecule has 1 aromatic rings. The molecular weight excluding hydrogens is 186 g/mol. The highest BCUT2D eigenvalue weighted by Crippen LogP contribution is 2.22. The molecule has 1 aromatic carbocycles. The normalized spacial score (nSPS) is 12.9. The quantitative estimate of drug-likeness (QED) is 0.753. The van der Waals surface area contributed by atoms with Crippen LogP contribution in [0.25, 0.3) is 0 Å². The molecule has 0 radical (unpaired) electrons. The smallest absolute Gasteiger partial charge is 0.131 e. The van der Waals surface area contributed by atoms with Crippen molar-refractivity contribution in [2.45, 2.75) is 26.3 Å². The van der Waals surface area contributed by atoms with Gasteiger partial charge in [-0.05, 0) is 33.5 Å². The maximum absolute atomic E-state index is 11.2. The zero-order chi connectivity index (χ0) is 11.4. The van der Waals surface area contributed by atoms with Gasteiger partial charge in [-0.25, -0.2) is 0 Å². The lowest BCUT2D eigenvalue weighted by Gasteiger charge is -2.24. The Morgan fingerprint density at radius 1 is 1.40 bits per heavy atom. The first kappa shape index (κ1) is 11.9. The van der Waals surface area contributed by atoms with Gasteiger partial charge in [-0.1, -0.05) is 29.8 Å². The van der Waals surface area contributed by atoms with Gasteiger partial charge < -0.3 is 4.90 Å². The van der Waals surface area contributed by atoms with Crippen LogP contribution in [0.15, 0.2) is 24.3 Å². The molecular formula is C13H19NO. The van der Waals surface area contributed by atoms with Crippen LogP contribution in [-0.4, -0.2) is 24.8 Å². The first-order chi connectivity index (χ1) is 7.00. The van der Waals surface area contributed by atoms with Crippen molar-refractivity contribution in [1.29, 1.82) is 0 Å². The first-order valence-corrected chi connectivity index (χ1v) is 5.23. The highest BCUT2D eigenvalue weighted by atomic mass is 16.1. The molecule has 0 bridgehead atoms. The van der Waals surface area contributed by atoms with Gasteiger partial charge in [-0.15, -0.1) is 0 Å².